The molecule has 7 heteroatoms. The van der Waals surface area contributed by atoms with Crippen LogP contribution >= 0.6 is 0 Å². The Morgan fingerprint density at radius 3 is 2.33 bits per heavy atom. The highest BCUT2D eigenvalue weighted by Crippen LogP contribution is 2.27. The molecule has 164 valence electrons. The topological polar surface area (TPSA) is 79.0 Å². The van der Waals surface area contributed by atoms with Crippen molar-refractivity contribution in [3.8, 4) is 5.75 Å². The number of anilines is 1. The Bertz CT molecular complexity index is 777. The van der Waals surface area contributed by atoms with Crippen LogP contribution in [-0.4, -0.2) is 54.9 Å². The van der Waals surface area contributed by atoms with Crippen LogP contribution in [0.3, 0.4) is 0 Å². The molecule has 1 unspecified atom stereocenters. The summed E-state index contributed by atoms with van der Waals surface area (Å²) in [5.74, 6) is 0.457. The molecule has 0 aliphatic carbocycles. The van der Waals surface area contributed by atoms with Crippen molar-refractivity contribution in [3.05, 3.63) is 24.3 Å². The number of carbonyl (C=O) groups excluding carboxylic acids is 3. The molecule has 3 rings (SSSR count). The molecule has 0 radical (unpaired) electrons. The number of rotatable bonds is 5. The van der Waals surface area contributed by atoms with Crippen molar-refractivity contribution >= 4 is 23.4 Å². The van der Waals surface area contributed by atoms with Gasteiger partial charge in [0.15, 0.2) is 0 Å². The van der Waals surface area contributed by atoms with Gasteiger partial charge < -0.3 is 19.9 Å². The van der Waals surface area contributed by atoms with E-state index in [1.807, 2.05) is 56.9 Å². The van der Waals surface area contributed by atoms with E-state index in [4.69, 9.17) is 4.74 Å². The van der Waals surface area contributed by atoms with Crippen molar-refractivity contribution in [3.63, 3.8) is 0 Å². The van der Waals surface area contributed by atoms with Crippen molar-refractivity contribution in [1.29, 1.82) is 0 Å². The first kappa shape index (κ1) is 22.1. The molecule has 1 aromatic rings. The first-order valence-corrected chi connectivity index (χ1v) is 10.8. The van der Waals surface area contributed by atoms with Gasteiger partial charge in [0.2, 0.25) is 17.7 Å². The fourth-order valence-electron chi connectivity index (χ4n) is 4.04. The number of benzene rings is 1. The van der Waals surface area contributed by atoms with Crippen LogP contribution in [0.15, 0.2) is 24.3 Å². The Morgan fingerprint density at radius 1 is 1.13 bits per heavy atom. The lowest BCUT2D eigenvalue weighted by Crippen LogP contribution is -2.50. The summed E-state index contributed by atoms with van der Waals surface area (Å²) >= 11 is 0. The van der Waals surface area contributed by atoms with Crippen LogP contribution in [0.4, 0.5) is 5.69 Å². The van der Waals surface area contributed by atoms with Gasteiger partial charge in [-0.2, -0.15) is 0 Å². The zero-order chi connectivity index (χ0) is 21.9. The van der Waals surface area contributed by atoms with Crippen molar-refractivity contribution in [2.75, 3.05) is 31.1 Å². The van der Waals surface area contributed by atoms with E-state index in [1.54, 1.807) is 4.90 Å². The minimum atomic E-state index is -0.384. The second-order valence-corrected chi connectivity index (χ2v) is 9.16. The number of hydrogen-bond donors (Lipinski definition) is 1. The van der Waals surface area contributed by atoms with Crippen LogP contribution < -0.4 is 15.0 Å². The average Bonchev–Trinajstić information content (AvgIpc) is 3.10. The summed E-state index contributed by atoms with van der Waals surface area (Å²) in [6.45, 7) is 10.00. The zero-order valence-corrected chi connectivity index (χ0v) is 18.4. The molecule has 0 spiro atoms. The highest BCUT2D eigenvalue weighted by molar-refractivity contribution is 6.00. The lowest BCUT2D eigenvalue weighted by atomic mass is 9.93. The molecular weight excluding hydrogens is 382 g/mol. The summed E-state index contributed by atoms with van der Waals surface area (Å²) < 4.78 is 5.44. The summed E-state index contributed by atoms with van der Waals surface area (Å²) in [6, 6.07) is 7.44. The Balaban J connectivity index is 1.51. The van der Waals surface area contributed by atoms with E-state index in [0.717, 1.165) is 24.3 Å². The third-order valence-corrected chi connectivity index (χ3v) is 5.73. The van der Waals surface area contributed by atoms with E-state index in [0.29, 0.717) is 26.2 Å². The predicted molar refractivity (Wildman–Crippen MR) is 115 cm³/mol. The van der Waals surface area contributed by atoms with Crippen LogP contribution in [0, 0.1) is 11.3 Å². The summed E-state index contributed by atoms with van der Waals surface area (Å²) in [5.41, 5.74) is 0.401. The van der Waals surface area contributed by atoms with Gasteiger partial charge in [0, 0.05) is 43.2 Å². The lowest BCUT2D eigenvalue weighted by molar-refractivity contribution is -0.140. The fourth-order valence-corrected chi connectivity index (χ4v) is 4.04. The molecule has 2 heterocycles. The van der Waals surface area contributed by atoms with Crippen LogP contribution in [0.5, 0.6) is 5.75 Å². The maximum absolute atomic E-state index is 12.8. The molecule has 2 saturated heterocycles. The molecule has 3 amide bonds. The Labute approximate surface area is 178 Å². The minimum Gasteiger partial charge on any atom is -0.494 e. The fraction of sp³-hybridized carbons (Fsp3) is 0.609. The molecule has 30 heavy (non-hydrogen) atoms. The van der Waals surface area contributed by atoms with Crippen LogP contribution in [0.1, 0.15) is 47.0 Å². The molecule has 0 aromatic heterocycles. The molecular formula is C23H33N3O4. The van der Waals surface area contributed by atoms with E-state index >= 15 is 0 Å². The maximum atomic E-state index is 12.8. The highest BCUT2D eigenvalue weighted by Gasteiger charge is 2.37. The van der Waals surface area contributed by atoms with Gasteiger partial charge in [-0.05, 0) is 44.0 Å². The summed E-state index contributed by atoms with van der Waals surface area (Å²) in [4.78, 5) is 41.2. The highest BCUT2D eigenvalue weighted by atomic mass is 16.5. The van der Waals surface area contributed by atoms with E-state index in [9.17, 15) is 14.4 Å². The van der Waals surface area contributed by atoms with E-state index in [-0.39, 0.29) is 41.5 Å². The molecule has 1 aromatic carbocycles. The van der Waals surface area contributed by atoms with Gasteiger partial charge in [0.05, 0.1) is 12.5 Å². The maximum Gasteiger partial charge on any atom is 0.227 e. The first-order valence-electron chi connectivity index (χ1n) is 10.8. The monoisotopic (exact) mass is 415 g/mol. The third-order valence-electron chi connectivity index (χ3n) is 5.73. The van der Waals surface area contributed by atoms with Gasteiger partial charge in [-0.1, -0.05) is 20.8 Å². The molecule has 0 bridgehead atoms. The average molecular weight is 416 g/mol. The molecule has 7 nitrogen and oxygen atoms in total. The SMILES string of the molecule is CCOc1ccc(N2CC(C(=O)NC3CCN(C(=O)C(C)(C)C)CC3)CC2=O)cc1. The van der Waals surface area contributed by atoms with Crippen molar-refractivity contribution in [1.82, 2.24) is 10.2 Å². The number of carbonyl (C=O) groups is 3. The second kappa shape index (κ2) is 9.06. The molecule has 2 aliphatic heterocycles. The molecule has 1 atom stereocenters. The van der Waals surface area contributed by atoms with Crippen molar-refractivity contribution in [2.24, 2.45) is 11.3 Å². The summed E-state index contributed by atoms with van der Waals surface area (Å²) in [6.07, 6.45) is 1.72. The van der Waals surface area contributed by atoms with E-state index in [1.165, 1.54) is 0 Å². The van der Waals surface area contributed by atoms with E-state index < -0.39 is 0 Å². The predicted octanol–water partition coefficient (Wildman–Crippen LogP) is 2.59. The van der Waals surface area contributed by atoms with Crippen molar-refractivity contribution < 1.29 is 19.1 Å². The number of nitrogens with zero attached hydrogens (tertiary/aromatic N) is 2. The van der Waals surface area contributed by atoms with Crippen LogP contribution in [0.25, 0.3) is 0 Å². The number of amides is 3. The normalized spacial score (nSPS) is 20.4. The smallest absolute Gasteiger partial charge is 0.227 e. The number of nitrogens with one attached hydrogen (secondary N) is 1. The third kappa shape index (κ3) is 5.12. The second-order valence-electron chi connectivity index (χ2n) is 9.16. The van der Waals surface area contributed by atoms with Gasteiger partial charge in [-0.15, -0.1) is 0 Å². The Morgan fingerprint density at radius 2 is 1.77 bits per heavy atom. The van der Waals surface area contributed by atoms with Crippen LogP contribution in [0.2, 0.25) is 0 Å². The van der Waals surface area contributed by atoms with Gasteiger partial charge in [0.1, 0.15) is 5.75 Å². The largest absolute Gasteiger partial charge is 0.494 e. The van der Waals surface area contributed by atoms with Gasteiger partial charge in [-0.25, -0.2) is 0 Å². The number of piperidine rings is 1. The number of ether oxygens (including phenoxy) is 1. The molecule has 2 aliphatic rings. The quantitative estimate of drug-likeness (QED) is 0.802. The lowest BCUT2D eigenvalue weighted by Gasteiger charge is -2.36. The zero-order valence-electron chi connectivity index (χ0n) is 18.4. The minimum absolute atomic E-state index is 0.0371. The molecule has 0 saturated carbocycles. The van der Waals surface area contributed by atoms with Gasteiger partial charge in [-0.3, -0.25) is 14.4 Å². The van der Waals surface area contributed by atoms with Crippen LogP contribution in [-0.2, 0) is 14.4 Å². The molecule has 1 N–H and O–H groups in total. The summed E-state index contributed by atoms with van der Waals surface area (Å²) in [5, 5.41) is 3.10. The van der Waals surface area contributed by atoms with Gasteiger partial charge >= 0.3 is 0 Å². The van der Waals surface area contributed by atoms with Gasteiger partial charge in [0.25, 0.3) is 0 Å². The Hall–Kier alpha value is -2.57. The van der Waals surface area contributed by atoms with Crippen molar-refractivity contribution in [2.45, 2.75) is 53.0 Å². The number of likely N-dealkylation sites (tertiary alicyclic amines) is 1. The number of hydrogen-bond acceptors (Lipinski definition) is 4. The summed E-state index contributed by atoms with van der Waals surface area (Å²) in [7, 11) is 0. The van der Waals surface area contributed by atoms with E-state index in [2.05, 4.69) is 5.32 Å². The standard InChI is InChI=1S/C23H33N3O4/c1-5-30-19-8-6-18(7-9-19)26-15-16(14-20(26)27)21(28)24-17-10-12-25(13-11-17)22(29)23(2,3)4/h6-9,16-17H,5,10-15H2,1-4H3,(H,24,28). The first-order chi connectivity index (χ1) is 14.2. The Kier molecular flexibility index (Phi) is 6.68. The molecule has 2 fully saturated rings.